The number of hydrogen-bond donors (Lipinski definition) is 1. The first-order chi connectivity index (χ1) is 17.0. The molecule has 1 aliphatic heterocycles. The normalized spacial score (nSPS) is 25.0. The lowest BCUT2D eigenvalue weighted by atomic mass is 9.75. The maximum atomic E-state index is 11.6. The molecule has 1 heterocycles. The minimum absolute atomic E-state index is 0.0000265. The van der Waals surface area contributed by atoms with Crippen LogP contribution in [-0.4, -0.2) is 15.6 Å². The minimum atomic E-state index is -0.315. The number of halogens is 2. The highest BCUT2D eigenvalue weighted by Crippen LogP contribution is 2.59. The second-order valence-electron chi connectivity index (χ2n) is 9.14. The van der Waals surface area contributed by atoms with Gasteiger partial charge in [0, 0.05) is 27.9 Å². The Kier molecular flexibility index (Phi) is 5.87. The number of para-hydroxylation sites is 1. The third-order valence-electron chi connectivity index (χ3n) is 7.29. The van der Waals surface area contributed by atoms with Crippen molar-refractivity contribution in [1.29, 1.82) is 0 Å². The van der Waals surface area contributed by atoms with Crippen LogP contribution < -0.4 is 5.32 Å². The maximum Gasteiger partial charge on any atom is 0.282 e. The van der Waals surface area contributed by atoms with Crippen LogP contribution in [0.2, 0.25) is 5.02 Å². The Bertz CT molecular complexity index is 1450. The van der Waals surface area contributed by atoms with Crippen LogP contribution >= 0.6 is 35.0 Å². The maximum absolute atomic E-state index is 11.6. The Labute approximate surface area is 217 Å². The quantitative estimate of drug-likeness (QED) is 0.166. The molecular formula is C28H22Cl2N2O2S. The topological polar surface area (TPSA) is 55.2 Å². The lowest BCUT2D eigenvalue weighted by Gasteiger charge is -2.39. The van der Waals surface area contributed by atoms with Crippen molar-refractivity contribution in [2.45, 2.75) is 33.9 Å². The van der Waals surface area contributed by atoms with E-state index in [1.54, 1.807) is 12.1 Å². The van der Waals surface area contributed by atoms with Crippen LogP contribution in [0.15, 0.2) is 89.8 Å². The van der Waals surface area contributed by atoms with Gasteiger partial charge in [0.1, 0.15) is 0 Å². The molecule has 0 saturated heterocycles. The number of alkyl halides is 1. The predicted molar refractivity (Wildman–Crippen MR) is 145 cm³/mol. The molecule has 0 bridgehead atoms. The van der Waals surface area contributed by atoms with Gasteiger partial charge in [-0.15, -0.1) is 23.4 Å². The summed E-state index contributed by atoms with van der Waals surface area (Å²) in [6.45, 7) is 0. The average molecular weight is 521 g/mol. The number of thioether (sulfide) groups is 1. The van der Waals surface area contributed by atoms with Gasteiger partial charge in [0.15, 0.2) is 0 Å². The average Bonchev–Trinajstić information content (AvgIpc) is 3.19. The van der Waals surface area contributed by atoms with Crippen LogP contribution in [-0.2, 0) is 0 Å². The van der Waals surface area contributed by atoms with Crippen LogP contribution in [0.4, 0.5) is 11.4 Å². The number of hydrogen-bond acceptors (Lipinski definition) is 4. The van der Waals surface area contributed by atoms with Crippen molar-refractivity contribution in [1.82, 2.24) is 0 Å². The molecule has 7 heteroatoms. The fourth-order valence-corrected chi connectivity index (χ4v) is 7.99. The Balaban J connectivity index is 1.47. The molecule has 1 aliphatic carbocycles. The first-order valence-corrected chi connectivity index (χ1v) is 13.3. The summed E-state index contributed by atoms with van der Waals surface area (Å²) in [7, 11) is 0. The third-order valence-corrected chi connectivity index (χ3v) is 9.74. The zero-order chi connectivity index (χ0) is 24.1. The van der Waals surface area contributed by atoms with E-state index in [-0.39, 0.29) is 39.1 Å². The number of nitro groups is 1. The number of nitrogens with one attached hydrogen (secondary N) is 1. The number of rotatable bonds is 4. The van der Waals surface area contributed by atoms with E-state index in [4.69, 9.17) is 23.2 Å². The van der Waals surface area contributed by atoms with Crippen molar-refractivity contribution in [3.63, 3.8) is 0 Å². The predicted octanol–water partition coefficient (Wildman–Crippen LogP) is 8.44. The summed E-state index contributed by atoms with van der Waals surface area (Å²) in [6, 6.07) is 27.6. The van der Waals surface area contributed by atoms with E-state index < -0.39 is 0 Å². The highest BCUT2D eigenvalue weighted by atomic mass is 35.5. The molecule has 2 aliphatic rings. The van der Waals surface area contributed by atoms with E-state index >= 15 is 0 Å². The number of fused-ring (bicyclic) bond motifs is 5. The molecule has 1 saturated carbocycles. The van der Waals surface area contributed by atoms with Crippen LogP contribution in [0.1, 0.15) is 29.5 Å². The van der Waals surface area contributed by atoms with E-state index in [1.165, 1.54) is 28.1 Å². The first kappa shape index (κ1) is 22.7. The molecule has 4 aromatic carbocycles. The summed E-state index contributed by atoms with van der Waals surface area (Å²) in [4.78, 5) is 12.0. The van der Waals surface area contributed by atoms with Gasteiger partial charge < -0.3 is 5.32 Å². The minimum Gasteiger partial charge on any atom is -0.378 e. The molecule has 0 aromatic heterocycles. The molecule has 0 spiro atoms. The van der Waals surface area contributed by atoms with E-state index in [9.17, 15) is 10.1 Å². The fraction of sp³-hybridized carbons (Fsp3) is 0.214. The van der Waals surface area contributed by atoms with Gasteiger partial charge in [0.05, 0.1) is 21.2 Å². The Morgan fingerprint density at radius 1 is 0.943 bits per heavy atom. The van der Waals surface area contributed by atoms with Crippen LogP contribution in [0.5, 0.6) is 0 Å². The van der Waals surface area contributed by atoms with Crippen molar-refractivity contribution in [3.8, 4) is 0 Å². The Hall–Kier alpha value is -2.73. The van der Waals surface area contributed by atoms with E-state index in [0.717, 1.165) is 22.7 Å². The standard InChI is InChI=1S/C28H22Cl2N2O2S/c29-20-10-4-3-9-18(20)28-19-15-24(35-23-12-6-5-11-22(23)32(33)34)27(30)26(19)25-17-8-2-1-7-16(17)13-14-21(25)31-28/h1-14,19,24,26-28,31H,15H2. The van der Waals surface area contributed by atoms with Crippen molar-refractivity contribution >= 4 is 57.1 Å². The summed E-state index contributed by atoms with van der Waals surface area (Å²) >= 11 is 15.5. The van der Waals surface area contributed by atoms with Crippen molar-refractivity contribution in [2.75, 3.05) is 5.32 Å². The summed E-state index contributed by atoms with van der Waals surface area (Å²) in [5, 5.41) is 18.4. The highest BCUT2D eigenvalue weighted by Gasteiger charge is 2.51. The smallest absolute Gasteiger partial charge is 0.282 e. The van der Waals surface area contributed by atoms with Crippen LogP contribution in [0, 0.1) is 16.0 Å². The summed E-state index contributed by atoms with van der Waals surface area (Å²) < 4.78 is 0. The molecule has 4 nitrogen and oxygen atoms in total. The molecule has 176 valence electrons. The van der Waals surface area contributed by atoms with E-state index in [1.807, 2.05) is 30.3 Å². The molecule has 1 fully saturated rings. The number of benzene rings is 4. The zero-order valence-electron chi connectivity index (χ0n) is 18.6. The Morgan fingerprint density at radius 3 is 2.51 bits per heavy atom. The van der Waals surface area contributed by atoms with Gasteiger partial charge in [-0.05, 0) is 52.4 Å². The summed E-state index contributed by atoms with van der Waals surface area (Å²) in [6.07, 6.45) is 0.821. The fourth-order valence-electron chi connectivity index (χ4n) is 5.80. The largest absolute Gasteiger partial charge is 0.378 e. The van der Waals surface area contributed by atoms with Gasteiger partial charge >= 0.3 is 0 Å². The lowest BCUT2D eigenvalue weighted by Crippen LogP contribution is -2.31. The molecule has 0 amide bonds. The van der Waals surface area contributed by atoms with Crippen LogP contribution in [0.25, 0.3) is 10.8 Å². The van der Waals surface area contributed by atoms with E-state index in [2.05, 4.69) is 47.8 Å². The van der Waals surface area contributed by atoms with Gasteiger partial charge in [0.2, 0.25) is 0 Å². The van der Waals surface area contributed by atoms with Gasteiger partial charge in [-0.1, -0.05) is 72.3 Å². The first-order valence-electron chi connectivity index (χ1n) is 11.6. The number of anilines is 1. The van der Waals surface area contributed by atoms with Crippen molar-refractivity contribution < 1.29 is 4.92 Å². The second kappa shape index (κ2) is 9.05. The van der Waals surface area contributed by atoms with E-state index in [0.29, 0.717) is 4.90 Å². The molecule has 35 heavy (non-hydrogen) atoms. The lowest BCUT2D eigenvalue weighted by molar-refractivity contribution is -0.387. The number of nitrogens with zero attached hydrogens (tertiary/aromatic N) is 1. The van der Waals surface area contributed by atoms with Gasteiger partial charge in [-0.25, -0.2) is 0 Å². The third kappa shape index (κ3) is 3.86. The summed E-state index contributed by atoms with van der Waals surface area (Å²) in [5.74, 6) is 0.275. The van der Waals surface area contributed by atoms with Gasteiger partial charge in [-0.2, -0.15) is 0 Å². The molecule has 5 atom stereocenters. The molecule has 4 aromatic rings. The number of nitro benzene ring substituents is 1. The van der Waals surface area contributed by atoms with Crippen LogP contribution in [0.3, 0.4) is 0 Å². The van der Waals surface area contributed by atoms with Gasteiger partial charge in [0.25, 0.3) is 5.69 Å². The SMILES string of the molecule is O=[N+]([O-])c1ccccc1SC1CC2C(c3ccccc3Cl)Nc3ccc4ccccc4c3C2C1Cl. The second-order valence-corrected chi connectivity index (χ2v) is 11.3. The molecule has 5 unspecified atom stereocenters. The highest BCUT2D eigenvalue weighted by molar-refractivity contribution is 8.00. The zero-order valence-corrected chi connectivity index (χ0v) is 20.9. The monoisotopic (exact) mass is 520 g/mol. The molecule has 6 rings (SSSR count). The molecular weight excluding hydrogens is 499 g/mol. The van der Waals surface area contributed by atoms with Crippen molar-refractivity contribution in [3.05, 3.63) is 111 Å². The Morgan fingerprint density at radius 2 is 1.69 bits per heavy atom. The van der Waals surface area contributed by atoms with Crippen molar-refractivity contribution in [2.24, 2.45) is 5.92 Å². The summed E-state index contributed by atoms with van der Waals surface area (Å²) in [5.41, 5.74) is 3.50. The molecule has 1 N–H and O–H groups in total. The van der Waals surface area contributed by atoms with Gasteiger partial charge in [-0.3, -0.25) is 10.1 Å². The molecule has 0 radical (unpaired) electrons.